The van der Waals surface area contributed by atoms with E-state index in [0.29, 0.717) is 12.5 Å². The Kier molecular flexibility index (Phi) is 7.20. The molecule has 2 heteroatoms. The summed E-state index contributed by atoms with van der Waals surface area (Å²) < 4.78 is 6.03. The summed E-state index contributed by atoms with van der Waals surface area (Å²) in [6, 6.07) is 0. The molecule has 0 aromatic carbocycles. The number of rotatable bonds is 9. The Balaban J connectivity index is 2.17. The van der Waals surface area contributed by atoms with E-state index in [1.54, 1.807) is 0 Å². The van der Waals surface area contributed by atoms with Gasteiger partial charge in [0.2, 0.25) is 0 Å². The third kappa shape index (κ3) is 5.38. The molecule has 0 bridgehead atoms. The van der Waals surface area contributed by atoms with E-state index in [4.69, 9.17) is 11.2 Å². The number of aliphatic hydroxyl groups is 1. The van der Waals surface area contributed by atoms with Gasteiger partial charge < -0.3 is 9.84 Å². The quantitative estimate of drug-likeness (QED) is 0.389. The van der Waals surface area contributed by atoms with Gasteiger partial charge in [0.15, 0.2) is 0 Å². The number of unbranched alkanes of at least 4 members (excludes halogenated alkanes) is 4. The minimum atomic E-state index is -0.532. The molecule has 0 aliphatic carbocycles. The van der Waals surface area contributed by atoms with Crippen LogP contribution in [0.15, 0.2) is 12.7 Å². The van der Waals surface area contributed by atoms with Crippen molar-refractivity contribution in [1.82, 2.24) is 0 Å². The van der Waals surface area contributed by atoms with Crippen molar-refractivity contribution >= 4 is 0 Å². The van der Waals surface area contributed by atoms with Gasteiger partial charge in [-0.25, -0.2) is 0 Å². The number of hydrogen-bond acceptors (Lipinski definition) is 2. The first kappa shape index (κ1) is 16.3. The molecule has 2 nitrogen and oxygen atoms in total. The first-order valence-corrected chi connectivity index (χ1v) is 7.52. The molecule has 1 fully saturated rings. The molecule has 0 unspecified atom stereocenters. The van der Waals surface area contributed by atoms with Crippen LogP contribution in [0.2, 0.25) is 0 Å². The molecule has 0 aromatic heterocycles. The minimum absolute atomic E-state index is 0.303. The SMILES string of the molecule is C#CC[C@@H](O)[C@]1(C)CC[C@@H](CCCCCCC=C)O1. The van der Waals surface area contributed by atoms with E-state index < -0.39 is 11.7 Å². The van der Waals surface area contributed by atoms with Crippen LogP contribution >= 0.6 is 0 Å². The molecule has 3 atom stereocenters. The molecule has 1 heterocycles. The molecule has 108 valence electrons. The van der Waals surface area contributed by atoms with Crippen molar-refractivity contribution in [1.29, 1.82) is 0 Å². The normalized spacial score (nSPS) is 27.9. The Morgan fingerprint density at radius 3 is 2.89 bits per heavy atom. The first-order valence-electron chi connectivity index (χ1n) is 7.52. The van der Waals surface area contributed by atoms with Crippen molar-refractivity contribution in [2.75, 3.05) is 0 Å². The molecule has 1 saturated heterocycles. The second-order valence-corrected chi connectivity index (χ2v) is 5.80. The molecule has 0 amide bonds. The van der Waals surface area contributed by atoms with Crippen LogP contribution in [0.25, 0.3) is 0 Å². The summed E-state index contributed by atoms with van der Waals surface area (Å²) in [5.74, 6) is 2.52. The highest BCUT2D eigenvalue weighted by Gasteiger charge is 2.41. The molecular weight excluding hydrogens is 236 g/mol. The van der Waals surface area contributed by atoms with Gasteiger partial charge in [-0.3, -0.25) is 0 Å². The van der Waals surface area contributed by atoms with Crippen LogP contribution < -0.4 is 0 Å². The van der Waals surface area contributed by atoms with Crippen LogP contribution in [0, 0.1) is 12.3 Å². The lowest BCUT2D eigenvalue weighted by Gasteiger charge is -2.29. The lowest BCUT2D eigenvalue weighted by Crippen LogP contribution is -2.39. The monoisotopic (exact) mass is 264 g/mol. The Morgan fingerprint density at radius 1 is 1.47 bits per heavy atom. The van der Waals surface area contributed by atoms with Crippen molar-refractivity contribution in [2.45, 2.75) is 82.5 Å². The Bertz CT molecular complexity index is 305. The van der Waals surface area contributed by atoms with Gasteiger partial charge >= 0.3 is 0 Å². The molecule has 0 radical (unpaired) electrons. The lowest BCUT2D eigenvalue weighted by molar-refractivity contribution is -0.104. The van der Waals surface area contributed by atoms with Gasteiger partial charge in [0.25, 0.3) is 0 Å². The number of hydrogen-bond donors (Lipinski definition) is 1. The number of aliphatic hydroxyl groups excluding tert-OH is 1. The summed E-state index contributed by atoms with van der Waals surface area (Å²) >= 11 is 0. The molecular formula is C17H28O2. The second-order valence-electron chi connectivity index (χ2n) is 5.80. The van der Waals surface area contributed by atoms with E-state index >= 15 is 0 Å². The molecule has 0 aromatic rings. The summed E-state index contributed by atoms with van der Waals surface area (Å²) in [7, 11) is 0. The van der Waals surface area contributed by atoms with Crippen molar-refractivity contribution in [2.24, 2.45) is 0 Å². The molecule has 0 spiro atoms. The Morgan fingerprint density at radius 2 is 2.21 bits per heavy atom. The maximum absolute atomic E-state index is 10.0. The predicted molar refractivity (Wildman–Crippen MR) is 79.9 cm³/mol. The summed E-state index contributed by atoms with van der Waals surface area (Å²) in [5, 5.41) is 10.0. The highest BCUT2D eigenvalue weighted by atomic mass is 16.5. The average Bonchev–Trinajstić information content (AvgIpc) is 2.77. The maximum atomic E-state index is 10.0. The van der Waals surface area contributed by atoms with Crippen molar-refractivity contribution in [3.63, 3.8) is 0 Å². The standard InChI is InChI=1S/C17H28O2/c1-4-6-7-8-9-10-12-15-13-14-17(3,19-15)16(18)11-5-2/h2,4,15-16,18H,1,6-14H2,3H3/t15-,16-,17+/m1/s1. The lowest BCUT2D eigenvalue weighted by atomic mass is 9.93. The van der Waals surface area contributed by atoms with Gasteiger partial charge in [-0.05, 0) is 39.0 Å². The van der Waals surface area contributed by atoms with Crippen molar-refractivity contribution in [3.8, 4) is 12.3 Å². The van der Waals surface area contributed by atoms with Crippen LogP contribution in [-0.4, -0.2) is 22.9 Å². The van der Waals surface area contributed by atoms with Gasteiger partial charge in [0.05, 0.1) is 17.8 Å². The number of terminal acetylenes is 1. The van der Waals surface area contributed by atoms with Gasteiger partial charge in [-0.1, -0.05) is 25.3 Å². The van der Waals surface area contributed by atoms with E-state index in [-0.39, 0.29) is 0 Å². The molecule has 0 saturated carbocycles. The molecule has 19 heavy (non-hydrogen) atoms. The second kappa shape index (κ2) is 8.40. The zero-order valence-electron chi connectivity index (χ0n) is 12.2. The zero-order chi connectivity index (χ0) is 14.1. The fraction of sp³-hybridized carbons (Fsp3) is 0.765. The van der Waals surface area contributed by atoms with E-state index in [0.717, 1.165) is 25.7 Å². The van der Waals surface area contributed by atoms with Crippen LogP contribution in [-0.2, 0) is 4.74 Å². The van der Waals surface area contributed by atoms with Gasteiger partial charge in [-0.2, -0.15) is 0 Å². The summed E-state index contributed by atoms with van der Waals surface area (Å²) in [4.78, 5) is 0. The average molecular weight is 264 g/mol. The molecule has 1 rings (SSSR count). The summed E-state index contributed by atoms with van der Waals surface area (Å²) in [6.07, 6.45) is 16.6. The van der Waals surface area contributed by atoms with Gasteiger partial charge in [0, 0.05) is 6.42 Å². The van der Waals surface area contributed by atoms with Crippen molar-refractivity contribution < 1.29 is 9.84 Å². The minimum Gasteiger partial charge on any atom is -0.389 e. The largest absolute Gasteiger partial charge is 0.389 e. The highest BCUT2D eigenvalue weighted by Crippen LogP contribution is 2.36. The molecule has 1 aliphatic heterocycles. The third-order valence-corrected chi connectivity index (χ3v) is 4.10. The topological polar surface area (TPSA) is 29.5 Å². The van der Waals surface area contributed by atoms with Crippen molar-refractivity contribution in [3.05, 3.63) is 12.7 Å². The fourth-order valence-corrected chi connectivity index (χ4v) is 2.74. The zero-order valence-corrected chi connectivity index (χ0v) is 12.2. The van der Waals surface area contributed by atoms with Crippen LogP contribution in [0.1, 0.15) is 64.7 Å². The highest BCUT2D eigenvalue weighted by molar-refractivity contribution is 4.98. The van der Waals surface area contributed by atoms with Crippen LogP contribution in [0.4, 0.5) is 0 Å². The van der Waals surface area contributed by atoms with Crippen LogP contribution in [0.3, 0.4) is 0 Å². The predicted octanol–water partition coefficient (Wildman–Crippen LogP) is 3.83. The molecule has 1 N–H and O–H groups in total. The smallest absolute Gasteiger partial charge is 0.0936 e. The van der Waals surface area contributed by atoms with E-state index in [9.17, 15) is 5.11 Å². The van der Waals surface area contributed by atoms with Gasteiger partial charge in [-0.15, -0.1) is 18.9 Å². The third-order valence-electron chi connectivity index (χ3n) is 4.10. The first-order chi connectivity index (χ1) is 9.12. The van der Waals surface area contributed by atoms with E-state index in [1.807, 2.05) is 13.0 Å². The Hall–Kier alpha value is -0.780. The fourth-order valence-electron chi connectivity index (χ4n) is 2.74. The van der Waals surface area contributed by atoms with Gasteiger partial charge in [0.1, 0.15) is 0 Å². The summed E-state index contributed by atoms with van der Waals surface area (Å²) in [6.45, 7) is 5.72. The van der Waals surface area contributed by atoms with E-state index in [2.05, 4.69) is 12.5 Å². The molecule has 1 aliphatic rings. The number of ether oxygens (including phenoxy) is 1. The van der Waals surface area contributed by atoms with E-state index in [1.165, 1.54) is 25.7 Å². The summed E-state index contributed by atoms with van der Waals surface area (Å²) in [5.41, 5.74) is -0.431. The number of allylic oxidation sites excluding steroid dienone is 1. The Labute approximate surface area is 118 Å². The van der Waals surface area contributed by atoms with Crippen LogP contribution in [0.5, 0.6) is 0 Å². The maximum Gasteiger partial charge on any atom is 0.0936 e.